The number of methoxy groups -OCH3 is 1. The average molecular weight is 737 g/mol. The zero-order valence-electron chi connectivity index (χ0n) is 28.2. The van der Waals surface area contributed by atoms with Gasteiger partial charge in [0.1, 0.15) is 5.82 Å². The molecule has 0 spiro atoms. The number of halogens is 1. The van der Waals surface area contributed by atoms with Crippen LogP contribution < -0.4 is 11.6 Å². The second kappa shape index (κ2) is 23.0. The molecule has 0 saturated carbocycles. The zero-order valence-corrected chi connectivity index (χ0v) is 28.9. The highest BCUT2D eigenvalue weighted by Gasteiger charge is 2.17. The molecule has 1 heterocycles. The van der Waals surface area contributed by atoms with Crippen molar-refractivity contribution in [3.8, 4) is 11.1 Å². The number of aromatic nitrogens is 2. The first kappa shape index (κ1) is 41.6. The van der Waals surface area contributed by atoms with E-state index in [9.17, 15) is 29.8 Å². The van der Waals surface area contributed by atoms with Gasteiger partial charge < -0.3 is 34.2 Å². The quantitative estimate of drug-likeness (QED) is 0.0229. The largest absolute Gasteiger partial charge is 0.468 e. The summed E-state index contributed by atoms with van der Waals surface area (Å²) in [5, 5.41) is 22.7. The van der Waals surface area contributed by atoms with Gasteiger partial charge in [0, 0.05) is 38.5 Å². The first-order chi connectivity index (χ1) is 24.5. The monoisotopic (exact) mass is 736 g/mol. The fourth-order valence-electron chi connectivity index (χ4n) is 4.39. The summed E-state index contributed by atoms with van der Waals surface area (Å²) in [6, 6.07) is 15.3. The fraction of sp³-hybridized carbons (Fsp3) is 0.419. The highest BCUT2D eigenvalue weighted by Crippen LogP contribution is 2.26. The number of rotatable bonds is 21. The highest BCUT2D eigenvalue weighted by atomic mass is 35.5. The van der Waals surface area contributed by atoms with E-state index in [1.165, 1.54) is 0 Å². The number of unbranched alkanes of at least 4 members (excludes halogenated alkanes) is 1. The molecule has 1 aromatic heterocycles. The number of ether oxygens (including phenoxy) is 3. The van der Waals surface area contributed by atoms with Gasteiger partial charge in [-0.05, 0) is 23.1 Å². The molecule has 3 rings (SSSR count). The van der Waals surface area contributed by atoms with Crippen molar-refractivity contribution in [3.63, 3.8) is 0 Å². The molecule has 3 aromatic rings. The van der Waals surface area contributed by atoms with E-state index < -0.39 is 16.3 Å². The predicted molar refractivity (Wildman–Crippen MR) is 183 cm³/mol. The van der Waals surface area contributed by atoms with Crippen LogP contribution in [0.15, 0.2) is 53.6 Å². The van der Waals surface area contributed by atoms with Gasteiger partial charge >= 0.3 is 6.09 Å². The lowest BCUT2D eigenvalue weighted by Gasteiger charge is -2.15. The Morgan fingerprint density at radius 3 is 2.27 bits per heavy atom. The minimum absolute atomic E-state index is 0.00126. The summed E-state index contributed by atoms with van der Waals surface area (Å²) in [5.41, 5.74) is 10.3. The minimum Gasteiger partial charge on any atom is -0.468 e. The number of hydrogen-bond acceptors (Lipinski definition) is 14. The number of nitrogens with two attached hydrogens (primary N) is 2. The molecule has 0 saturated heterocycles. The van der Waals surface area contributed by atoms with Crippen LogP contribution in [-0.2, 0) is 48.3 Å². The number of amidine groups is 1. The smallest absolute Gasteiger partial charge is 0.445 e. The van der Waals surface area contributed by atoms with Crippen LogP contribution in [0.5, 0.6) is 0 Å². The lowest BCUT2D eigenvalue weighted by atomic mass is 9.98. The Morgan fingerprint density at radius 2 is 1.67 bits per heavy atom. The molecule has 19 nitrogen and oxygen atoms in total. The third-order valence-corrected chi connectivity index (χ3v) is 7.03. The van der Waals surface area contributed by atoms with Crippen LogP contribution in [-0.4, -0.2) is 76.8 Å². The number of hydrazone groups is 1. The zero-order chi connectivity index (χ0) is 37.6. The second-order valence-corrected chi connectivity index (χ2v) is 10.7. The summed E-state index contributed by atoms with van der Waals surface area (Å²) >= 11 is 6.43. The van der Waals surface area contributed by atoms with Crippen LogP contribution in [0.2, 0.25) is 5.15 Å². The van der Waals surface area contributed by atoms with Gasteiger partial charge in [0.05, 0.1) is 38.7 Å². The number of nitrogens with zero attached hydrogens (tertiary/aromatic N) is 6. The molecule has 0 atom stereocenters. The Kier molecular flexibility index (Phi) is 18.8. The number of carbonyl (C=O) groups is 2. The summed E-state index contributed by atoms with van der Waals surface area (Å²) in [7, 11) is 1.63. The maximum atomic E-state index is 12.1. The summed E-state index contributed by atoms with van der Waals surface area (Å²) in [6.45, 7) is 3.13. The Labute approximate surface area is 298 Å². The lowest BCUT2D eigenvalue weighted by Crippen LogP contribution is -2.36. The first-order valence-electron chi connectivity index (χ1n) is 15.6. The molecule has 2 aromatic carbocycles. The van der Waals surface area contributed by atoms with Crippen molar-refractivity contribution in [2.75, 3.05) is 33.5 Å². The second-order valence-electron chi connectivity index (χ2n) is 10.4. The number of hydrogen-bond donors (Lipinski definition) is 2. The Hall–Kier alpha value is -5.53. The maximum Gasteiger partial charge on any atom is 0.445 e. The topological polar surface area (TPSA) is 252 Å². The lowest BCUT2D eigenvalue weighted by molar-refractivity contribution is -0.757. The molecule has 4 N–H and O–H groups in total. The number of imidazole rings is 1. The van der Waals surface area contributed by atoms with E-state index in [2.05, 4.69) is 36.0 Å². The maximum absolute atomic E-state index is 12.1. The molecule has 278 valence electrons. The molecule has 20 heteroatoms. The molecule has 0 bridgehead atoms. The van der Waals surface area contributed by atoms with Crippen LogP contribution in [0.4, 0.5) is 4.79 Å². The van der Waals surface area contributed by atoms with E-state index in [0.29, 0.717) is 35.4 Å². The Morgan fingerprint density at radius 1 is 1.02 bits per heavy atom. The van der Waals surface area contributed by atoms with E-state index in [0.717, 1.165) is 47.5 Å². The molecule has 0 unspecified atom stereocenters. The molecular weight excluding hydrogens is 696 g/mol. The Bertz CT molecular complexity index is 1590. The van der Waals surface area contributed by atoms with Crippen molar-refractivity contribution < 1.29 is 43.6 Å². The van der Waals surface area contributed by atoms with Gasteiger partial charge in [-0.1, -0.05) is 73.5 Å². The number of carbonyl (C=O) groups excluding carboxylic acids is 2. The van der Waals surface area contributed by atoms with Gasteiger partial charge in [-0.2, -0.15) is 0 Å². The van der Waals surface area contributed by atoms with Crippen molar-refractivity contribution in [2.45, 2.75) is 52.2 Å². The van der Waals surface area contributed by atoms with Gasteiger partial charge in [-0.3, -0.25) is 4.79 Å². The van der Waals surface area contributed by atoms with Crippen molar-refractivity contribution in [3.05, 3.63) is 96.6 Å². The molecule has 0 fully saturated rings. The van der Waals surface area contributed by atoms with Crippen LogP contribution in [0.1, 0.15) is 55.3 Å². The van der Waals surface area contributed by atoms with Gasteiger partial charge in [0.25, 0.3) is 16.6 Å². The van der Waals surface area contributed by atoms with E-state index in [-0.39, 0.29) is 45.2 Å². The van der Waals surface area contributed by atoms with Gasteiger partial charge in [0.2, 0.25) is 0 Å². The summed E-state index contributed by atoms with van der Waals surface area (Å²) in [5.74, 6) is 6.63. The van der Waals surface area contributed by atoms with Crippen molar-refractivity contribution in [1.29, 1.82) is 0 Å². The number of aryl methyl sites for hydroxylation is 1. The van der Waals surface area contributed by atoms with Crippen LogP contribution >= 0.6 is 11.6 Å². The number of hydrazine groups is 1. The summed E-state index contributed by atoms with van der Waals surface area (Å²) < 4.78 is 16.6. The molecule has 0 aliphatic rings. The summed E-state index contributed by atoms with van der Waals surface area (Å²) in [4.78, 5) is 53.9. The standard InChI is InChI=1S/C27H34ClN7O6.C4H7NO5/c1-3-4-10-24-31-25(28)23(18-39-2)33(24)17-19-11-13-20(14-12-19)21-8-5-6-9-22(21)26(29)32-34(30)27(36)40-15-7-16-41-35(37)38;6-4-9-2-1-3-10-5(7)8/h5-6,8-9,11-14H,3-4,7,10,15-18,30H2,1-2H3,(H2,29,32);4H,1-3H2. The van der Waals surface area contributed by atoms with Crippen LogP contribution in [0.25, 0.3) is 11.1 Å². The van der Waals surface area contributed by atoms with Crippen LogP contribution in [0, 0.1) is 20.2 Å². The molecular formula is C31H41ClN8O11. The highest BCUT2D eigenvalue weighted by molar-refractivity contribution is 6.30. The number of amides is 1. The predicted octanol–water partition coefficient (Wildman–Crippen LogP) is 4.03. The summed E-state index contributed by atoms with van der Waals surface area (Å²) in [6.07, 6.45) is 2.36. The molecule has 1 amide bonds. The third kappa shape index (κ3) is 14.9. The normalized spacial score (nSPS) is 10.8. The fourth-order valence-corrected chi connectivity index (χ4v) is 4.64. The van der Waals surface area contributed by atoms with E-state index in [4.69, 9.17) is 32.7 Å². The molecule has 0 aliphatic heterocycles. The van der Waals surface area contributed by atoms with Gasteiger partial charge in [-0.25, -0.2) is 15.6 Å². The van der Waals surface area contributed by atoms with Crippen LogP contribution in [0.3, 0.4) is 0 Å². The molecule has 0 aliphatic carbocycles. The molecule has 51 heavy (non-hydrogen) atoms. The van der Waals surface area contributed by atoms with Gasteiger partial charge in [0.15, 0.2) is 11.0 Å². The first-order valence-corrected chi connectivity index (χ1v) is 16.0. The van der Waals surface area contributed by atoms with E-state index in [1.54, 1.807) is 19.2 Å². The van der Waals surface area contributed by atoms with Gasteiger partial charge in [-0.15, -0.1) is 30.4 Å². The number of benzene rings is 2. The SMILES string of the molecule is CCCCc1nc(Cl)c(COC)n1Cc1ccc(-c2ccccc2/C(N)=N/N(N)C(=O)OCCCO[N+](=O)[O-])cc1.O=COCCCO[N+](=O)[O-]. The average Bonchev–Trinajstić information content (AvgIpc) is 3.40. The Balaban J connectivity index is 0.000000783. The molecule has 0 radical (unpaired) electrons. The van der Waals surface area contributed by atoms with Crippen molar-refractivity contribution in [2.24, 2.45) is 16.7 Å². The minimum atomic E-state index is -0.971. The third-order valence-electron chi connectivity index (χ3n) is 6.73. The van der Waals surface area contributed by atoms with E-state index in [1.807, 2.05) is 36.4 Å². The van der Waals surface area contributed by atoms with E-state index >= 15 is 0 Å². The van der Waals surface area contributed by atoms with Crippen molar-refractivity contribution >= 4 is 30.0 Å². The van der Waals surface area contributed by atoms with Crippen molar-refractivity contribution in [1.82, 2.24) is 14.7 Å².